The van der Waals surface area contributed by atoms with Crippen molar-refractivity contribution in [1.82, 2.24) is 19.9 Å². The maximum Gasteiger partial charge on any atom is 0.254 e. The highest BCUT2D eigenvalue weighted by Crippen LogP contribution is 2.26. The number of likely N-dealkylation sites (tertiary alicyclic amines) is 1. The summed E-state index contributed by atoms with van der Waals surface area (Å²) in [5, 5.41) is 0. The number of carbonyl (C=O) groups is 1. The number of hydrogen-bond donors (Lipinski definition) is 1. The standard InChI is InChI=1S/C22H29N5O2/c1-15-16(2)24-21(25-22(15)29)18-5-6-19(23-14-18)26-11-7-17(8-12-26)13-20(28)27-9-3-4-10-27/h5-6,14,17H,3-4,7-13H2,1-2H3,(H,24,25,29). The monoisotopic (exact) mass is 395 g/mol. The number of hydrogen-bond acceptors (Lipinski definition) is 5. The SMILES string of the molecule is Cc1nc(-c2ccc(N3CCC(CC(=O)N4CCCC4)CC3)nc2)[nH]c(=O)c1C. The summed E-state index contributed by atoms with van der Waals surface area (Å²) in [5.41, 5.74) is 2.07. The Morgan fingerprint density at radius 2 is 1.86 bits per heavy atom. The van der Waals surface area contributed by atoms with Gasteiger partial charge in [-0.15, -0.1) is 0 Å². The van der Waals surface area contributed by atoms with Crippen LogP contribution in [-0.2, 0) is 4.79 Å². The van der Waals surface area contributed by atoms with Gasteiger partial charge in [0.15, 0.2) is 0 Å². The third kappa shape index (κ3) is 4.33. The molecule has 1 N–H and O–H groups in total. The molecule has 0 saturated carbocycles. The van der Waals surface area contributed by atoms with Crippen LogP contribution in [0.1, 0.15) is 43.4 Å². The lowest BCUT2D eigenvalue weighted by atomic mass is 9.93. The highest BCUT2D eigenvalue weighted by atomic mass is 16.2. The summed E-state index contributed by atoms with van der Waals surface area (Å²) in [7, 11) is 0. The zero-order valence-corrected chi connectivity index (χ0v) is 17.3. The second kappa shape index (κ2) is 8.35. The average Bonchev–Trinajstić information content (AvgIpc) is 3.27. The summed E-state index contributed by atoms with van der Waals surface area (Å²) in [5.74, 6) is 2.29. The average molecular weight is 396 g/mol. The van der Waals surface area contributed by atoms with Crippen molar-refractivity contribution in [2.24, 2.45) is 5.92 Å². The van der Waals surface area contributed by atoms with E-state index in [9.17, 15) is 9.59 Å². The Balaban J connectivity index is 1.35. The number of nitrogens with zero attached hydrogens (tertiary/aromatic N) is 4. The first-order valence-corrected chi connectivity index (χ1v) is 10.6. The number of aromatic nitrogens is 3. The molecule has 2 saturated heterocycles. The second-order valence-corrected chi connectivity index (χ2v) is 8.25. The fourth-order valence-electron chi connectivity index (χ4n) is 4.20. The zero-order chi connectivity index (χ0) is 20.4. The van der Waals surface area contributed by atoms with Crippen molar-refractivity contribution in [3.05, 3.63) is 39.9 Å². The van der Waals surface area contributed by atoms with E-state index in [4.69, 9.17) is 0 Å². The number of anilines is 1. The summed E-state index contributed by atoms with van der Waals surface area (Å²) in [6.07, 6.45) is 6.80. The Labute approximate surface area is 171 Å². The van der Waals surface area contributed by atoms with Crippen LogP contribution in [-0.4, -0.2) is 51.9 Å². The van der Waals surface area contributed by atoms with Gasteiger partial charge in [0.05, 0.1) is 0 Å². The third-order valence-corrected chi connectivity index (χ3v) is 6.28. The number of aryl methyl sites for hydroxylation is 1. The highest BCUT2D eigenvalue weighted by molar-refractivity contribution is 5.76. The lowest BCUT2D eigenvalue weighted by molar-refractivity contribution is -0.131. The molecule has 0 bridgehead atoms. The van der Waals surface area contributed by atoms with Gasteiger partial charge in [-0.3, -0.25) is 9.59 Å². The molecule has 0 aliphatic carbocycles. The minimum absolute atomic E-state index is 0.109. The molecule has 154 valence electrons. The zero-order valence-electron chi connectivity index (χ0n) is 17.3. The number of amides is 1. The van der Waals surface area contributed by atoms with Crippen molar-refractivity contribution < 1.29 is 4.79 Å². The normalized spacial score (nSPS) is 17.7. The van der Waals surface area contributed by atoms with Crippen LogP contribution in [0.3, 0.4) is 0 Å². The first kappa shape index (κ1) is 19.6. The third-order valence-electron chi connectivity index (χ3n) is 6.28. The van der Waals surface area contributed by atoms with Gasteiger partial charge in [0.25, 0.3) is 5.56 Å². The Kier molecular flexibility index (Phi) is 5.65. The maximum atomic E-state index is 12.4. The van der Waals surface area contributed by atoms with Crippen LogP contribution in [0.4, 0.5) is 5.82 Å². The van der Waals surface area contributed by atoms with E-state index in [0.29, 0.717) is 29.6 Å². The first-order valence-electron chi connectivity index (χ1n) is 10.6. The molecule has 2 aliphatic heterocycles. The number of H-pyrrole nitrogens is 1. The second-order valence-electron chi connectivity index (χ2n) is 8.25. The van der Waals surface area contributed by atoms with E-state index in [2.05, 4.69) is 19.9 Å². The minimum atomic E-state index is -0.109. The Hall–Kier alpha value is -2.70. The van der Waals surface area contributed by atoms with Gasteiger partial charge in [-0.05, 0) is 57.6 Å². The fraction of sp³-hybridized carbons (Fsp3) is 0.545. The number of carbonyl (C=O) groups excluding carboxylic acids is 1. The van der Waals surface area contributed by atoms with E-state index in [1.807, 2.05) is 24.0 Å². The van der Waals surface area contributed by atoms with Crippen LogP contribution in [0.2, 0.25) is 0 Å². The molecule has 0 radical (unpaired) electrons. The molecule has 2 aliphatic rings. The quantitative estimate of drug-likeness (QED) is 0.861. The molecule has 7 nitrogen and oxygen atoms in total. The molecule has 4 heterocycles. The van der Waals surface area contributed by atoms with Gasteiger partial charge in [0, 0.05) is 55.6 Å². The van der Waals surface area contributed by atoms with Gasteiger partial charge < -0.3 is 14.8 Å². The minimum Gasteiger partial charge on any atom is -0.357 e. The maximum absolute atomic E-state index is 12.4. The summed E-state index contributed by atoms with van der Waals surface area (Å²) >= 11 is 0. The highest BCUT2D eigenvalue weighted by Gasteiger charge is 2.25. The molecule has 2 aromatic heterocycles. The summed E-state index contributed by atoms with van der Waals surface area (Å²) < 4.78 is 0. The Bertz CT molecular complexity index is 923. The van der Waals surface area contributed by atoms with Gasteiger partial charge in [0.2, 0.25) is 5.91 Å². The van der Waals surface area contributed by atoms with Gasteiger partial charge >= 0.3 is 0 Å². The number of rotatable bonds is 4. The Morgan fingerprint density at radius 1 is 1.14 bits per heavy atom. The molecule has 2 fully saturated rings. The molecular weight excluding hydrogens is 366 g/mol. The summed E-state index contributed by atoms with van der Waals surface area (Å²) in [6, 6.07) is 3.94. The van der Waals surface area contributed by atoms with E-state index in [1.165, 1.54) is 0 Å². The van der Waals surface area contributed by atoms with E-state index < -0.39 is 0 Å². The van der Waals surface area contributed by atoms with Crippen molar-refractivity contribution in [2.45, 2.75) is 46.0 Å². The number of aromatic amines is 1. The molecular formula is C22H29N5O2. The lowest BCUT2D eigenvalue weighted by Gasteiger charge is -2.33. The smallest absolute Gasteiger partial charge is 0.254 e. The Morgan fingerprint density at radius 3 is 2.48 bits per heavy atom. The van der Waals surface area contributed by atoms with Gasteiger partial charge in [-0.25, -0.2) is 9.97 Å². The largest absolute Gasteiger partial charge is 0.357 e. The van der Waals surface area contributed by atoms with E-state index >= 15 is 0 Å². The molecule has 7 heteroatoms. The number of piperidine rings is 1. The van der Waals surface area contributed by atoms with Crippen LogP contribution in [0.25, 0.3) is 11.4 Å². The van der Waals surface area contributed by atoms with Crippen LogP contribution in [0, 0.1) is 19.8 Å². The molecule has 0 spiro atoms. The molecule has 0 aromatic carbocycles. The summed E-state index contributed by atoms with van der Waals surface area (Å²) in [6.45, 7) is 7.33. The fourth-order valence-corrected chi connectivity index (χ4v) is 4.20. The van der Waals surface area contributed by atoms with Crippen molar-refractivity contribution in [3.8, 4) is 11.4 Å². The molecule has 29 heavy (non-hydrogen) atoms. The van der Waals surface area contributed by atoms with Crippen LogP contribution in [0.5, 0.6) is 0 Å². The van der Waals surface area contributed by atoms with Crippen molar-refractivity contribution in [3.63, 3.8) is 0 Å². The molecule has 0 unspecified atom stereocenters. The predicted octanol–water partition coefficient (Wildman–Crippen LogP) is 2.68. The number of nitrogens with one attached hydrogen (secondary N) is 1. The number of pyridine rings is 1. The van der Waals surface area contributed by atoms with E-state index in [0.717, 1.165) is 68.9 Å². The molecule has 1 amide bonds. The predicted molar refractivity (Wildman–Crippen MR) is 113 cm³/mol. The molecule has 0 atom stereocenters. The van der Waals surface area contributed by atoms with Gasteiger partial charge in [0.1, 0.15) is 11.6 Å². The molecule has 2 aromatic rings. The van der Waals surface area contributed by atoms with Crippen molar-refractivity contribution in [2.75, 3.05) is 31.1 Å². The topological polar surface area (TPSA) is 82.2 Å². The van der Waals surface area contributed by atoms with Crippen LogP contribution < -0.4 is 10.5 Å². The van der Waals surface area contributed by atoms with E-state index in [1.54, 1.807) is 13.1 Å². The lowest BCUT2D eigenvalue weighted by Crippen LogP contribution is -2.37. The van der Waals surface area contributed by atoms with Crippen molar-refractivity contribution in [1.29, 1.82) is 0 Å². The van der Waals surface area contributed by atoms with Crippen LogP contribution >= 0.6 is 0 Å². The summed E-state index contributed by atoms with van der Waals surface area (Å²) in [4.78, 5) is 40.6. The van der Waals surface area contributed by atoms with Crippen LogP contribution in [0.15, 0.2) is 23.1 Å². The molecule has 4 rings (SSSR count). The van der Waals surface area contributed by atoms with Crippen molar-refractivity contribution >= 4 is 11.7 Å². The van der Waals surface area contributed by atoms with E-state index in [-0.39, 0.29) is 5.56 Å². The first-order chi connectivity index (χ1) is 14.0. The van der Waals surface area contributed by atoms with Gasteiger partial charge in [-0.2, -0.15) is 0 Å². The van der Waals surface area contributed by atoms with Gasteiger partial charge in [-0.1, -0.05) is 0 Å².